The van der Waals surface area contributed by atoms with Gasteiger partial charge < -0.3 is 10.1 Å². The molecule has 1 aromatic rings. The Morgan fingerprint density at radius 3 is 2.65 bits per heavy atom. The van der Waals surface area contributed by atoms with E-state index >= 15 is 0 Å². The highest BCUT2D eigenvalue weighted by atomic mass is 16.6. The summed E-state index contributed by atoms with van der Waals surface area (Å²) in [6, 6.07) is 9.28. The van der Waals surface area contributed by atoms with E-state index in [0.29, 0.717) is 0 Å². The second kappa shape index (κ2) is 4.86. The van der Waals surface area contributed by atoms with Crippen LogP contribution >= 0.6 is 0 Å². The first kappa shape index (κ1) is 12.5. The van der Waals surface area contributed by atoms with Crippen molar-refractivity contribution in [3.05, 3.63) is 53.7 Å². The van der Waals surface area contributed by atoms with Gasteiger partial charge in [-0.15, -0.1) is 0 Å². The molecule has 3 rings (SSSR count). The molecule has 1 amide bonds. The number of carbonyl (C=O) groups excluding carboxylic acids is 3. The first-order chi connectivity index (χ1) is 9.65. The predicted octanol–water partition coefficient (Wildman–Crippen LogP) is 0.619. The van der Waals surface area contributed by atoms with Crippen LogP contribution in [-0.4, -0.2) is 29.7 Å². The molecule has 0 spiro atoms. The maximum Gasteiger partial charge on any atom is 0.248 e. The van der Waals surface area contributed by atoms with Crippen LogP contribution in [0, 0.1) is 0 Å². The second-order valence-electron chi connectivity index (χ2n) is 4.54. The molecule has 2 unspecified atom stereocenters. The van der Waals surface area contributed by atoms with Crippen LogP contribution in [0.25, 0.3) is 6.08 Å². The van der Waals surface area contributed by atoms with E-state index in [2.05, 4.69) is 5.32 Å². The molecular formula is C15H11NO4. The highest BCUT2D eigenvalue weighted by molar-refractivity contribution is 6.17. The summed E-state index contributed by atoms with van der Waals surface area (Å²) in [6.07, 6.45) is 2.73. The third kappa shape index (κ3) is 2.44. The number of benzene rings is 1. The van der Waals surface area contributed by atoms with Crippen LogP contribution in [0.5, 0.6) is 0 Å². The highest BCUT2D eigenvalue weighted by Gasteiger charge is 2.53. The Hall–Kier alpha value is -2.53. The minimum atomic E-state index is -0.707. The average molecular weight is 269 g/mol. The van der Waals surface area contributed by atoms with E-state index < -0.39 is 18.1 Å². The van der Waals surface area contributed by atoms with Gasteiger partial charge in [-0.2, -0.15) is 0 Å². The van der Waals surface area contributed by atoms with Gasteiger partial charge in [0.05, 0.1) is 5.70 Å². The lowest BCUT2D eigenvalue weighted by Gasteiger charge is -2.07. The lowest BCUT2D eigenvalue weighted by Crippen LogP contribution is -2.33. The average Bonchev–Trinajstić information content (AvgIpc) is 3.25. The molecule has 0 radical (unpaired) electrons. The molecule has 0 saturated carbocycles. The molecule has 1 aliphatic carbocycles. The highest BCUT2D eigenvalue weighted by Crippen LogP contribution is 2.30. The van der Waals surface area contributed by atoms with Crippen molar-refractivity contribution in [2.45, 2.75) is 12.2 Å². The smallest absolute Gasteiger partial charge is 0.248 e. The van der Waals surface area contributed by atoms with E-state index in [-0.39, 0.29) is 17.3 Å². The van der Waals surface area contributed by atoms with Gasteiger partial charge >= 0.3 is 0 Å². The van der Waals surface area contributed by atoms with Gasteiger partial charge in [-0.25, -0.2) is 0 Å². The molecule has 2 aliphatic rings. The number of carbonyl (C=O) groups is 3. The summed E-state index contributed by atoms with van der Waals surface area (Å²) in [5, 5.41) is 2.41. The molecule has 1 aliphatic heterocycles. The number of rotatable bonds is 3. The van der Waals surface area contributed by atoms with Crippen LogP contribution in [0.15, 0.2) is 48.2 Å². The van der Waals surface area contributed by atoms with Crippen LogP contribution in [0.3, 0.4) is 0 Å². The molecule has 1 aromatic carbocycles. The summed E-state index contributed by atoms with van der Waals surface area (Å²) in [6.45, 7) is 0. The van der Waals surface area contributed by atoms with Crippen molar-refractivity contribution in [1.29, 1.82) is 0 Å². The fourth-order valence-electron chi connectivity index (χ4n) is 1.99. The predicted molar refractivity (Wildman–Crippen MR) is 70.4 cm³/mol. The lowest BCUT2D eigenvalue weighted by atomic mass is 10.0. The number of Topliss-reactive ketones (excluding diaryl/α,β-unsaturated/α-hetero) is 1. The molecule has 1 saturated heterocycles. The number of ether oxygens (including phenoxy) is 1. The van der Waals surface area contributed by atoms with Gasteiger partial charge in [-0.05, 0) is 11.6 Å². The molecule has 5 heteroatoms. The third-order valence-corrected chi connectivity index (χ3v) is 3.07. The van der Waals surface area contributed by atoms with E-state index in [1.54, 1.807) is 6.08 Å². The molecule has 100 valence electrons. The summed E-state index contributed by atoms with van der Waals surface area (Å²) in [5.41, 5.74) is 0.865. The molecule has 0 aromatic heterocycles. The van der Waals surface area contributed by atoms with Crippen LogP contribution < -0.4 is 5.32 Å². The Morgan fingerprint density at radius 1 is 1.15 bits per heavy atom. The first-order valence-electron chi connectivity index (χ1n) is 6.14. The number of epoxide rings is 1. The Balaban J connectivity index is 1.66. The van der Waals surface area contributed by atoms with E-state index in [4.69, 9.17) is 4.74 Å². The van der Waals surface area contributed by atoms with Gasteiger partial charge in [-0.3, -0.25) is 14.4 Å². The molecule has 20 heavy (non-hydrogen) atoms. The summed E-state index contributed by atoms with van der Waals surface area (Å²) < 4.78 is 4.92. The summed E-state index contributed by atoms with van der Waals surface area (Å²) in [4.78, 5) is 34.9. The molecule has 1 heterocycles. The van der Waals surface area contributed by atoms with Gasteiger partial charge in [0.25, 0.3) is 0 Å². The zero-order valence-electron chi connectivity index (χ0n) is 10.4. The Kier molecular flexibility index (Phi) is 3.04. The van der Waals surface area contributed by atoms with Crippen molar-refractivity contribution in [2.75, 3.05) is 0 Å². The van der Waals surface area contributed by atoms with Gasteiger partial charge in [0.1, 0.15) is 0 Å². The number of hydrogen-bond donors (Lipinski definition) is 1. The second-order valence-corrected chi connectivity index (χ2v) is 4.54. The van der Waals surface area contributed by atoms with E-state index in [9.17, 15) is 14.4 Å². The molecule has 5 nitrogen and oxygen atoms in total. The first-order valence-corrected chi connectivity index (χ1v) is 6.14. The molecule has 0 bridgehead atoms. The topological polar surface area (TPSA) is 75.8 Å². The lowest BCUT2D eigenvalue weighted by molar-refractivity contribution is -0.122. The molecular weight excluding hydrogens is 258 g/mol. The summed E-state index contributed by atoms with van der Waals surface area (Å²) in [5.74, 6) is -1.09. The van der Waals surface area contributed by atoms with Crippen LogP contribution in [-0.2, 0) is 19.1 Å². The van der Waals surface area contributed by atoms with Gasteiger partial charge in [0.2, 0.25) is 11.7 Å². The fraction of sp³-hybridized carbons (Fsp3) is 0.133. The molecule has 2 atom stereocenters. The van der Waals surface area contributed by atoms with Gasteiger partial charge in [-0.1, -0.05) is 30.3 Å². The van der Waals surface area contributed by atoms with Crippen molar-refractivity contribution in [3.8, 4) is 0 Å². The fourth-order valence-corrected chi connectivity index (χ4v) is 1.99. The van der Waals surface area contributed by atoms with Crippen molar-refractivity contribution in [3.63, 3.8) is 0 Å². The van der Waals surface area contributed by atoms with Crippen LogP contribution in [0.4, 0.5) is 0 Å². The van der Waals surface area contributed by atoms with Gasteiger partial charge in [0.15, 0.2) is 18.0 Å². The largest absolute Gasteiger partial charge is 0.352 e. The zero-order chi connectivity index (χ0) is 14.1. The van der Waals surface area contributed by atoms with E-state index in [1.807, 2.05) is 30.3 Å². The van der Waals surface area contributed by atoms with Crippen molar-refractivity contribution in [1.82, 2.24) is 5.32 Å². The SMILES string of the molecule is O=C(/C=C/c1ccccc1)NC1=CC(=O)C2OC2C1=O. The Bertz CT molecular complexity index is 645. The monoisotopic (exact) mass is 269 g/mol. The summed E-state index contributed by atoms with van der Waals surface area (Å²) >= 11 is 0. The Labute approximate surface area is 114 Å². The van der Waals surface area contributed by atoms with Crippen molar-refractivity contribution >= 4 is 23.5 Å². The van der Waals surface area contributed by atoms with Crippen molar-refractivity contribution < 1.29 is 19.1 Å². The number of fused-ring (bicyclic) bond motifs is 1. The van der Waals surface area contributed by atoms with Crippen LogP contribution in [0.1, 0.15) is 5.56 Å². The van der Waals surface area contributed by atoms with E-state index in [0.717, 1.165) is 11.6 Å². The molecule has 1 fully saturated rings. The number of hydrogen-bond acceptors (Lipinski definition) is 4. The van der Waals surface area contributed by atoms with Crippen LogP contribution in [0.2, 0.25) is 0 Å². The summed E-state index contributed by atoms with van der Waals surface area (Å²) in [7, 11) is 0. The minimum absolute atomic E-state index is 0.00328. The molecule has 1 N–H and O–H groups in total. The Morgan fingerprint density at radius 2 is 1.90 bits per heavy atom. The van der Waals surface area contributed by atoms with Crippen molar-refractivity contribution in [2.24, 2.45) is 0 Å². The third-order valence-electron chi connectivity index (χ3n) is 3.07. The standard InChI is InChI=1S/C15H11NO4/c17-11-8-10(13(19)15-14(11)20-15)16-12(18)7-6-9-4-2-1-3-5-9/h1-8,14-15H,(H,16,18)/b7-6+. The zero-order valence-corrected chi connectivity index (χ0v) is 10.4. The minimum Gasteiger partial charge on any atom is -0.352 e. The van der Waals surface area contributed by atoms with E-state index in [1.165, 1.54) is 6.08 Å². The van der Waals surface area contributed by atoms with Gasteiger partial charge in [0, 0.05) is 12.2 Å². The number of amides is 1. The quantitative estimate of drug-likeness (QED) is 0.644. The maximum absolute atomic E-state index is 11.7. The number of nitrogens with one attached hydrogen (secondary N) is 1. The normalized spacial score (nSPS) is 24.3. The maximum atomic E-state index is 11.7. The number of ketones is 2.